The average molecular weight is 284 g/mol. The zero-order valence-electron chi connectivity index (χ0n) is 11.4. The molecule has 0 aliphatic carbocycles. The first-order chi connectivity index (χ1) is 9.47. The van der Waals surface area contributed by atoms with E-state index in [0.717, 1.165) is 38.1 Å². The maximum absolute atomic E-state index is 13.2. The maximum Gasteiger partial charge on any atom is 0.236 e. The van der Waals surface area contributed by atoms with Crippen molar-refractivity contribution >= 4 is 5.91 Å². The summed E-state index contributed by atoms with van der Waals surface area (Å²) in [5.41, 5.74) is 0.384. The maximum atomic E-state index is 13.2. The van der Waals surface area contributed by atoms with E-state index >= 15 is 0 Å². The number of phenols is 1. The number of likely N-dealkylation sites (tertiary alicyclic amines) is 1. The van der Waals surface area contributed by atoms with Gasteiger partial charge in [0, 0.05) is 19.6 Å². The lowest BCUT2D eigenvalue weighted by Gasteiger charge is -2.21. The van der Waals surface area contributed by atoms with Crippen LogP contribution in [0.15, 0.2) is 12.1 Å². The van der Waals surface area contributed by atoms with Gasteiger partial charge in [0.05, 0.1) is 6.54 Å². The molecule has 0 bridgehead atoms. The highest BCUT2D eigenvalue weighted by Gasteiger charge is 2.19. The molecule has 1 aromatic carbocycles. The fraction of sp³-hybridized carbons (Fsp3) is 0.500. The molecule has 2 rings (SSSR count). The monoisotopic (exact) mass is 284 g/mol. The number of halogens is 2. The van der Waals surface area contributed by atoms with E-state index in [9.17, 15) is 13.6 Å². The van der Waals surface area contributed by atoms with E-state index < -0.39 is 17.4 Å². The Kier molecular flexibility index (Phi) is 4.54. The second-order valence-corrected chi connectivity index (χ2v) is 5.17. The lowest BCUT2D eigenvalue weighted by molar-refractivity contribution is -0.131. The van der Waals surface area contributed by atoms with Crippen LogP contribution in [0.1, 0.15) is 18.4 Å². The average Bonchev–Trinajstić information content (AvgIpc) is 2.89. The van der Waals surface area contributed by atoms with E-state index in [0.29, 0.717) is 5.56 Å². The predicted octanol–water partition coefficient (Wildman–Crippen LogP) is 1.72. The summed E-state index contributed by atoms with van der Waals surface area (Å²) in [6.07, 6.45) is 2.06. The zero-order chi connectivity index (χ0) is 14.7. The van der Waals surface area contributed by atoms with Gasteiger partial charge in [-0.2, -0.15) is 0 Å². The van der Waals surface area contributed by atoms with Gasteiger partial charge in [-0.15, -0.1) is 0 Å². The number of amides is 1. The Morgan fingerprint density at radius 2 is 1.85 bits per heavy atom. The van der Waals surface area contributed by atoms with Gasteiger partial charge in [0.1, 0.15) is 0 Å². The number of hydrogen-bond acceptors (Lipinski definition) is 3. The molecule has 1 heterocycles. The number of carbonyl (C=O) groups is 1. The van der Waals surface area contributed by atoms with Gasteiger partial charge in [-0.05, 0) is 37.6 Å². The summed E-state index contributed by atoms with van der Waals surface area (Å²) in [5.74, 6) is -2.91. The molecule has 1 N–H and O–H groups in total. The lowest BCUT2D eigenvalue weighted by atomic mass is 10.2. The van der Waals surface area contributed by atoms with Crippen LogP contribution in [0.4, 0.5) is 8.78 Å². The highest BCUT2D eigenvalue weighted by atomic mass is 19.1. The minimum atomic E-state index is -0.987. The largest absolute Gasteiger partial charge is 0.503 e. The molecule has 0 unspecified atom stereocenters. The number of carbonyl (C=O) groups excluding carboxylic acids is 1. The third-order valence-electron chi connectivity index (χ3n) is 3.39. The van der Waals surface area contributed by atoms with E-state index in [1.165, 1.54) is 0 Å². The van der Waals surface area contributed by atoms with Gasteiger partial charge in [0.25, 0.3) is 0 Å². The molecule has 0 spiro atoms. The molecule has 0 saturated carbocycles. The quantitative estimate of drug-likeness (QED) is 0.915. The summed E-state index contributed by atoms with van der Waals surface area (Å²) in [6.45, 7) is 2.03. The minimum absolute atomic E-state index is 0.0322. The topological polar surface area (TPSA) is 43.8 Å². The standard InChI is InChI=1S/C14H18F2N2O2/c1-17(9-13(19)18-4-2-3-5-18)8-10-6-11(15)14(20)12(16)7-10/h6-7,20H,2-5,8-9H2,1H3. The van der Waals surface area contributed by atoms with Gasteiger partial charge in [0.15, 0.2) is 17.4 Å². The summed E-state index contributed by atoms with van der Waals surface area (Å²) in [4.78, 5) is 15.4. The first kappa shape index (κ1) is 14.7. The van der Waals surface area contributed by atoms with Crippen LogP contribution in [-0.2, 0) is 11.3 Å². The van der Waals surface area contributed by atoms with Crippen molar-refractivity contribution in [1.82, 2.24) is 9.80 Å². The first-order valence-corrected chi connectivity index (χ1v) is 6.60. The van der Waals surface area contributed by atoms with Gasteiger partial charge in [-0.1, -0.05) is 0 Å². The van der Waals surface area contributed by atoms with Crippen molar-refractivity contribution in [2.75, 3.05) is 26.7 Å². The smallest absolute Gasteiger partial charge is 0.236 e. The Hall–Kier alpha value is -1.69. The highest BCUT2D eigenvalue weighted by molar-refractivity contribution is 5.78. The summed E-state index contributed by atoms with van der Waals surface area (Å²) >= 11 is 0. The molecule has 1 aromatic rings. The normalized spacial score (nSPS) is 15.1. The van der Waals surface area contributed by atoms with E-state index in [-0.39, 0.29) is 19.0 Å². The molecular formula is C14H18F2N2O2. The first-order valence-electron chi connectivity index (χ1n) is 6.60. The van der Waals surface area contributed by atoms with E-state index in [1.54, 1.807) is 16.8 Å². The van der Waals surface area contributed by atoms with E-state index in [2.05, 4.69) is 0 Å². The van der Waals surface area contributed by atoms with Crippen LogP contribution in [0, 0.1) is 11.6 Å². The number of rotatable bonds is 4. The molecule has 110 valence electrons. The van der Waals surface area contributed by atoms with Gasteiger partial charge in [0.2, 0.25) is 5.91 Å². The Bertz CT molecular complexity index is 479. The highest BCUT2D eigenvalue weighted by Crippen LogP contribution is 2.22. The third kappa shape index (κ3) is 3.45. The predicted molar refractivity (Wildman–Crippen MR) is 70.2 cm³/mol. The Morgan fingerprint density at radius 3 is 2.40 bits per heavy atom. The molecule has 1 amide bonds. The molecule has 6 heteroatoms. The second-order valence-electron chi connectivity index (χ2n) is 5.17. The molecular weight excluding hydrogens is 266 g/mol. The van der Waals surface area contributed by atoms with Gasteiger partial charge < -0.3 is 10.0 Å². The summed E-state index contributed by atoms with van der Waals surface area (Å²) in [6, 6.07) is 2.16. The van der Waals surface area contributed by atoms with Crippen LogP contribution >= 0.6 is 0 Å². The molecule has 1 aliphatic heterocycles. The third-order valence-corrected chi connectivity index (χ3v) is 3.39. The summed E-state index contributed by atoms with van der Waals surface area (Å²) < 4.78 is 26.4. The summed E-state index contributed by atoms with van der Waals surface area (Å²) in [5, 5.41) is 9.03. The van der Waals surface area contributed by atoms with Crippen LogP contribution in [0.25, 0.3) is 0 Å². The molecule has 0 aromatic heterocycles. The van der Waals surface area contributed by atoms with E-state index in [1.807, 2.05) is 0 Å². The van der Waals surface area contributed by atoms with Gasteiger partial charge >= 0.3 is 0 Å². The summed E-state index contributed by atoms with van der Waals surface area (Å²) in [7, 11) is 1.72. The molecule has 1 aliphatic rings. The van der Waals surface area contributed by atoms with Crippen LogP contribution < -0.4 is 0 Å². The van der Waals surface area contributed by atoms with Crippen molar-refractivity contribution in [2.24, 2.45) is 0 Å². The fourth-order valence-corrected chi connectivity index (χ4v) is 2.37. The number of nitrogens with zero attached hydrogens (tertiary/aromatic N) is 2. The van der Waals surface area contributed by atoms with Crippen molar-refractivity contribution in [3.63, 3.8) is 0 Å². The Morgan fingerprint density at radius 1 is 1.30 bits per heavy atom. The van der Waals surface area contributed by atoms with Crippen molar-refractivity contribution in [2.45, 2.75) is 19.4 Å². The molecule has 20 heavy (non-hydrogen) atoms. The number of likely N-dealkylation sites (N-methyl/N-ethyl adjacent to an activating group) is 1. The molecule has 1 fully saturated rings. The lowest BCUT2D eigenvalue weighted by Crippen LogP contribution is -2.37. The number of phenolic OH excluding ortho intramolecular Hbond substituents is 1. The Labute approximate surface area is 116 Å². The number of benzene rings is 1. The zero-order valence-corrected chi connectivity index (χ0v) is 11.4. The van der Waals surface area contributed by atoms with Gasteiger partial charge in [-0.3, -0.25) is 9.69 Å². The second kappa shape index (κ2) is 6.17. The van der Waals surface area contributed by atoms with Gasteiger partial charge in [-0.25, -0.2) is 8.78 Å². The van der Waals surface area contributed by atoms with E-state index in [4.69, 9.17) is 5.11 Å². The number of hydrogen-bond donors (Lipinski definition) is 1. The van der Waals surface area contributed by atoms with Crippen LogP contribution in [0.5, 0.6) is 5.75 Å². The van der Waals surface area contributed by atoms with Crippen LogP contribution in [0.3, 0.4) is 0 Å². The van der Waals surface area contributed by atoms with Crippen LogP contribution in [0.2, 0.25) is 0 Å². The molecule has 0 atom stereocenters. The fourth-order valence-electron chi connectivity index (χ4n) is 2.37. The SMILES string of the molecule is CN(CC(=O)N1CCCC1)Cc1cc(F)c(O)c(F)c1. The number of aromatic hydroxyl groups is 1. The van der Waals surface area contributed by atoms with Crippen molar-refractivity contribution in [1.29, 1.82) is 0 Å². The molecule has 4 nitrogen and oxygen atoms in total. The minimum Gasteiger partial charge on any atom is -0.503 e. The van der Waals surface area contributed by atoms with Crippen molar-refractivity contribution in [3.8, 4) is 5.75 Å². The molecule has 0 radical (unpaired) electrons. The Balaban J connectivity index is 1.94. The van der Waals surface area contributed by atoms with Crippen LogP contribution in [-0.4, -0.2) is 47.5 Å². The molecule has 1 saturated heterocycles. The van der Waals surface area contributed by atoms with Crippen molar-refractivity contribution < 1.29 is 18.7 Å². The van der Waals surface area contributed by atoms with Crippen molar-refractivity contribution in [3.05, 3.63) is 29.3 Å².